The van der Waals surface area contributed by atoms with E-state index in [4.69, 9.17) is 5.73 Å². The van der Waals surface area contributed by atoms with E-state index >= 15 is 0 Å². The zero-order valence-corrected chi connectivity index (χ0v) is 13.3. The smallest absolute Gasteiger partial charge is 0.312 e. The van der Waals surface area contributed by atoms with Crippen LogP contribution in [0.2, 0.25) is 0 Å². The van der Waals surface area contributed by atoms with Gasteiger partial charge in [-0.1, -0.05) is 35.0 Å². The van der Waals surface area contributed by atoms with Crippen molar-refractivity contribution in [3.05, 3.63) is 34.3 Å². The van der Waals surface area contributed by atoms with Crippen molar-refractivity contribution in [2.45, 2.75) is 18.1 Å². The largest absolute Gasteiger partial charge is 0.481 e. The molecule has 3 atom stereocenters. The number of carboxylic acids is 1. The van der Waals surface area contributed by atoms with Crippen molar-refractivity contribution >= 4 is 31.7 Å². The molecule has 0 radical (unpaired) electrons. The van der Waals surface area contributed by atoms with E-state index in [0.717, 1.165) is 4.47 Å². The van der Waals surface area contributed by atoms with Gasteiger partial charge in [0.05, 0.1) is 5.25 Å². The van der Waals surface area contributed by atoms with E-state index in [1.165, 1.54) is 6.92 Å². The lowest BCUT2D eigenvalue weighted by Gasteiger charge is -2.09. The van der Waals surface area contributed by atoms with Crippen molar-refractivity contribution in [2.75, 3.05) is 12.3 Å². The van der Waals surface area contributed by atoms with Crippen molar-refractivity contribution in [1.29, 1.82) is 0 Å². The Balaban J connectivity index is 2.50. The Hall–Kier alpha value is -0.920. The van der Waals surface area contributed by atoms with Crippen LogP contribution in [0.5, 0.6) is 0 Å². The summed E-state index contributed by atoms with van der Waals surface area (Å²) in [4.78, 5) is 11.6. The Kier molecular flexibility index (Phi) is 3.96. The van der Waals surface area contributed by atoms with Gasteiger partial charge in [-0.3, -0.25) is 4.79 Å². The van der Waals surface area contributed by atoms with Gasteiger partial charge < -0.3 is 10.8 Å². The summed E-state index contributed by atoms with van der Waals surface area (Å²) in [6, 6.07) is 7.03. The molecule has 2 rings (SSSR count). The van der Waals surface area contributed by atoms with Crippen LogP contribution in [0.15, 0.2) is 28.7 Å². The topological polar surface area (TPSA) is 97.5 Å². The predicted octanol–water partition coefficient (Wildman–Crippen LogP) is 1.38. The van der Waals surface area contributed by atoms with Crippen LogP contribution in [0.3, 0.4) is 0 Å². The molecule has 7 heteroatoms. The first-order valence-electron chi connectivity index (χ1n) is 6.21. The molecule has 1 saturated carbocycles. The maximum Gasteiger partial charge on any atom is 0.312 e. The predicted molar refractivity (Wildman–Crippen MR) is 79.3 cm³/mol. The standard InChI is InChI=1S/C13H16BrNO4S/c1-2-20(18,19)11-10(13(11,7-15)12(16)17)8-3-5-9(14)6-4-8/h3-6,10-11H,2,7,15H2,1H3,(H,16,17)/t10-,11-,13+/m1/s1. The van der Waals surface area contributed by atoms with Crippen molar-refractivity contribution in [3.8, 4) is 0 Å². The molecule has 1 aromatic carbocycles. The average Bonchev–Trinajstić information content (AvgIpc) is 3.11. The van der Waals surface area contributed by atoms with Gasteiger partial charge >= 0.3 is 5.97 Å². The molecule has 3 N–H and O–H groups in total. The normalized spacial score (nSPS) is 29.1. The summed E-state index contributed by atoms with van der Waals surface area (Å²) in [6.45, 7) is 1.34. The molecule has 0 saturated heterocycles. The third kappa shape index (κ3) is 2.17. The van der Waals surface area contributed by atoms with Gasteiger partial charge in [0, 0.05) is 22.7 Å². The molecule has 0 spiro atoms. The minimum Gasteiger partial charge on any atom is -0.481 e. The van der Waals surface area contributed by atoms with Crippen LogP contribution in [0, 0.1) is 5.41 Å². The third-order valence-corrected chi connectivity index (χ3v) is 6.81. The minimum absolute atomic E-state index is 0.0836. The highest BCUT2D eigenvalue weighted by molar-refractivity contribution is 9.10. The van der Waals surface area contributed by atoms with E-state index in [-0.39, 0.29) is 12.3 Å². The first-order chi connectivity index (χ1) is 9.31. The lowest BCUT2D eigenvalue weighted by atomic mass is 9.99. The molecule has 1 fully saturated rings. The second kappa shape index (κ2) is 5.13. The van der Waals surface area contributed by atoms with Crippen molar-refractivity contribution < 1.29 is 18.3 Å². The number of benzene rings is 1. The molecule has 0 aromatic heterocycles. The Labute approximate surface area is 126 Å². The van der Waals surface area contributed by atoms with Gasteiger partial charge in [-0.05, 0) is 17.7 Å². The molecular weight excluding hydrogens is 346 g/mol. The van der Waals surface area contributed by atoms with Gasteiger partial charge in [0.15, 0.2) is 9.84 Å². The first-order valence-corrected chi connectivity index (χ1v) is 8.72. The number of carbonyl (C=O) groups is 1. The molecule has 1 aliphatic carbocycles. The molecule has 0 unspecified atom stereocenters. The summed E-state index contributed by atoms with van der Waals surface area (Å²) in [7, 11) is -3.47. The van der Waals surface area contributed by atoms with Gasteiger partial charge in [-0.2, -0.15) is 0 Å². The summed E-state index contributed by atoms with van der Waals surface area (Å²) in [5, 5.41) is 8.52. The molecule has 1 aliphatic rings. The van der Waals surface area contributed by atoms with E-state index in [2.05, 4.69) is 15.9 Å². The molecule has 110 valence electrons. The number of halogens is 1. The molecule has 0 aliphatic heterocycles. The number of hydrogen-bond acceptors (Lipinski definition) is 4. The highest BCUT2D eigenvalue weighted by Crippen LogP contribution is 2.62. The second-order valence-corrected chi connectivity index (χ2v) is 8.28. The minimum atomic E-state index is -3.47. The Morgan fingerprint density at radius 2 is 1.95 bits per heavy atom. The maximum absolute atomic E-state index is 12.2. The lowest BCUT2D eigenvalue weighted by molar-refractivity contribution is -0.143. The fourth-order valence-corrected chi connectivity index (χ4v) is 5.18. The van der Waals surface area contributed by atoms with Crippen LogP contribution < -0.4 is 5.73 Å². The monoisotopic (exact) mass is 361 g/mol. The van der Waals surface area contributed by atoms with E-state index in [1.54, 1.807) is 24.3 Å². The van der Waals surface area contributed by atoms with E-state index in [0.29, 0.717) is 5.56 Å². The van der Waals surface area contributed by atoms with E-state index < -0.39 is 32.4 Å². The summed E-state index contributed by atoms with van der Waals surface area (Å²) >= 11 is 3.30. The fourth-order valence-electron chi connectivity index (χ4n) is 2.84. The van der Waals surface area contributed by atoms with Crippen LogP contribution in [0.25, 0.3) is 0 Å². The quantitative estimate of drug-likeness (QED) is 0.825. The molecule has 20 heavy (non-hydrogen) atoms. The summed E-state index contributed by atoms with van der Waals surface area (Å²) < 4.78 is 25.2. The first kappa shape index (κ1) is 15.5. The van der Waals surface area contributed by atoms with E-state index in [9.17, 15) is 18.3 Å². The number of hydrogen-bond donors (Lipinski definition) is 2. The van der Waals surface area contributed by atoms with Crippen LogP contribution in [-0.2, 0) is 14.6 Å². The molecule has 0 amide bonds. The van der Waals surface area contributed by atoms with Crippen LogP contribution in [-0.4, -0.2) is 37.0 Å². The van der Waals surface area contributed by atoms with Gasteiger partial charge in [0.25, 0.3) is 0 Å². The Morgan fingerprint density at radius 3 is 2.35 bits per heavy atom. The van der Waals surface area contributed by atoms with Crippen LogP contribution in [0.1, 0.15) is 18.4 Å². The molecule has 1 aromatic rings. The highest BCUT2D eigenvalue weighted by atomic mass is 79.9. The molecule has 0 heterocycles. The number of aliphatic carboxylic acids is 1. The van der Waals surface area contributed by atoms with Crippen LogP contribution in [0.4, 0.5) is 0 Å². The SMILES string of the molecule is CCS(=O)(=O)[C@@H]1[C@@H](c2ccc(Br)cc2)[C@]1(CN)C(=O)O. The fraction of sp³-hybridized carbons (Fsp3) is 0.462. The lowest BCUT2D eigenvalue weighted by Crippen LogP contribution is -2.32. The van der Waals surface area contributed by atoms with Crippen molar-refractivity contribution in [3.63, 3.8) is 0 Å². The number of rotatable bonds is 5. The molecule has 0 bridgehead atoms. The summed E-state index contributed by atoms with van der Waals surface area (Å²) in [5.74, 6) is -1.81. The maximum atomic E-state index is 12.2. The second-order valence-electron chi connectivity index (χ2n) is 4.95. The molecule has 5 nitrogen and oxygen atoms in total. The summed E-state index contributed by atoms with van der Waals surface area (Å²) in [6.07, 6.45) is 0. The average molecular weight is 362 g/mol. The van der Waals surface area contributed by atoms with E-state index in [1.807, 2.05) is 0 Å². The Bertz CT molecular complexity index is 628. The van der Waals surface area contributed by atoms with Crippen LogP contribution >= 0.6 is 15.9 Å². The van der Waals surface area contributed by atoms with Gasteiger partial charge in [-0.25, -0.2) is 8.42 Å². The van der Waals surface area contributed by atoms with Gasteiger partial charge in [0.1, 0.15) is 5.41 Å². The third-order valence-electron chi connectivity index (χ3n) is 4.01. The number of nitrogens with two attached hydrogens (primary N) is 1. The number of sulfone groups is 1. The number of carboxylic acid groups (broad SMARTS) is 1. The highest BCUT2D eigenvalue weighted by Gasteiger charge is 2.74. The van der Waals surface area contributed by atoms with Gasteiger partial charge in [-0.15, -0.1) is 0 Å². The van der Waals surface area contributed by atoms with Crippen molar-refractivity contribution in [2.24, 2.45) is 11.1 Å². The Morgan fingerprint density at radius 1 is 1.40 bits per heavy atom. The zero-order chi connectivity index (χ0) is 15.1. The molecular formula is C13H16BrNO4S. The summed E-state index contributed by atoms with van der Waals surface area (Å²) in [5.41, 5.74) is 4.91. The van der Waals surface area contributed by atoms with Gasteiger partial charge in [0.2, 0.25) is 0 Å². The zero-order valence-electron chi connectivity index (χ0n) is 10.9. The van der Waals surface area contributed by atoms with Crippen molar-refractivity contribution in [1.82, 2.24) is 0 Å².